The summed E-state index contributed by atoms with van der Waals surface area (Å²) in [5.74, 6) is 0. The molecule has 15 heavy (non-hydrogen) atoms. The van der Waals surface area contributed by atoms with E-state index >= 15 is 0 Å². The van der Waals surface area contributed by atoms with E-state index in [1.54, 1.807) is 0 Å². The molecule has 1 nitrogen and oxygen atoms in total. The molecule has 0 spiro atoms. The van der Waals surface area contributed by atoms with E-state index in [9.17, 15) is 0 Å². The van der Waals surface area contributed by atoms with Gasteiger partial charge in [-0.1, -0.05) is 30.3 Å². The fraction of sp³-hybridized carbons (Fsp3) is 0.143. The summed E-state index contributed by atoms with van der Waals surface area (Å²) in [5, 5.41) is 5.95. The smallest absolute Gasteiger partial charge is 0.0409 e. The van der Waals surface area contributed by atoms with E-state index < -0.39 is 0 Å². The molecule has 0 bridgehead atoms. The highest BCUT2D eigenvalue weighted by molar-refractivity contribution is 5.56. The topological polar surface area (TPSA) is 12.0 Å². The van der Waals surface area contributed by atoms with Gasteiger partial charge in [-0.25, -0.2) is 0 Å². The van der Waals surface area contributed by atoms with Crippen LogP contribution >= 0.6 is 0 Å². The Kier molecular flexibility index (Phi) is 1.95. The predicted octanol–water partition coefficient (Wildman–Crippen LogP) is 1.41. The van der Waals surface area contributed by atoms with Crippen molar-refractivity contribution in [3.8, 4) is 0 Å². The van der Waals surface area contributed by atoms with Gasteiger partial charge >= 0.3 is 0 Å². The van der Waals surface area contributed by atoms with E-state index in [4.69, 9.17) is 0 Å². The lowest BCUT2D eigenvalue weighted by molar-refractivity contribution is 0.953. The first-order chi connectivity index (χ1) is 7.43. The Hall–Kier alpha value is -1.76. The fourth-order valence-corrected chi connectivity index (χ4v) is 2.09. The average molecular weight is 195 g/mol. The normalized spacial score (nSPS) is 17.9. The number of rotatable bonds is 0. The second kappa shape index (κ2) is 3.43. The molecule has 1 N–H and O–H groups in total. The van der Waals surface area contributed by atoms with Crippen molar-refractivity contribution in [2.45, 2.75) is 12.8 Å². The molecule has 1 heterocycles. The summed E-state index contributed by atoms with van der Waals surface area (Å²) < 4.78 is 0. The van der Waals surface area contributed by atoms with Crippen LogP contribution in [0.2, 0.25) is 0 Å². The maximum atomic E-state index is 3.38. The van der Waals surface area contributed by atoms with Gasteiger partial charge in [0.25, 0.3) is 0 Å². The summed E-state index contributed by atoms with van der Waals surface area (Å²) in [6, 6.07) is 8.47. The molecular weight excluding hydrogens is 182 g/mol. The summed E-state index contributed by atoms with van der Waals surface area (Å²) in [4.78, 5) is 0. The minimum atomic E-state index is 1.14. The first-order valence-electron chi connectivity index (χ1n) is 5.37. The molecule has 0 unspecified atom stereocenters. The van der Waals surface area contributed by atoms with Crippen molar-refractivity contribution in [3.05, 3.63) is 58.1 Å². The van der Waals surface area contributed by atoms with Crippen molar-refractivity contribution in [1.82, 2.24) is 5.32 Å². The molecule has 2 aliphatic rings. The zero-order chi connectivity index (χ0) is 10.1. The first kappa shape index (κ1) is 8.54. The van der Waals surface area contributed by atoms with Crippen LogP contribution in [-0.2, 0) is 0 Å². The lowest BCUT2D eigenvalue weighted by atomic mass is 10.0. The number of hydrogen-bond donors (Lipinski definition) is 1. The van der Waals surface area contributed by atoms with Gasteiger partial charge < -0.3 is 5.32 Å². The van der Waals surface area contributed by atoms with Crippen LogP contribution in [0.15, 0.2) is 47.7 Å². The molecule has 1 aromatic carbocycles. The van der Waals surface area contributed by atoms with Crippen LogP contribution < -0.4 is 15.8 Å². The lowest BCUT2D eigenvalue weighted by Gasteiger charge is -2.11. The molecule has 0 radical (unpaired) electrons. The summed E-state index contributed by atoms with van der Waals surface area (Å²) in [6.45, 7) is 0. The maximum absolute atomic E-state index is 3.38. The standard InChI is InChI=1S/C14H13N/c1-2-7-13-10-15-14-8-4-3-6-12(14)9-11(13)5-1/h1-2,4-5,7-10,15H,3,6H2. The molecule has 1 aliphatic heterocycles. The fourth-order valence-electron chi connectivity index (χ4n) is 2.09. The molecule has 1 aromatic rings. The lowest BCUT2D eigenvalue weighted by Crippen LogP contribution is -2.24. The summed E-state index contributed by atoms with van der Waals surface area (Å²) >= 11 is 0. The Labute approximate surface area is 89.1 Å². The van der Waals surface area contributed by atoms with Gasteiger partial charge in [-0.2, -0.15) is 0 Å². The average Bonchev–Trinajstić information content (AvgIpc) is 2.48. The van der Waals surface area contributed by atoms with Crippen LogP contribution in [0.3, 0.4) is 0 Å². The molecule has 0 aromatic heterocycles. The summed E-state index contributed by atoms with van der Waals surface area (Å²) in [6.07, 6.45) is 11.1. The van der Waals surface area contributed by atoms with E-state index in [2.05, 4.69) is 54.0 Å². The van der Waals surface area contributed by atoms with E-state index in [1.807, 2.05) is 0 Å². The van der Waals surface area contributed by atoms with E-state index in [-0.39, 0.29) is 0 Å². The number of hydrogen-bond acceptors (Lipinski definition) is 1. The minimum Gasteiger partial charge on any atom is -0.361 e. The van der Waals surface area contributed by atoms with Crippen LogP contribution in [0, 0.1) is 0 Å². The highest BCUT2D eigenvalue weighted by Crippen LogP contribution is 2.18. The van der Waals surface area contributed by atoms with Gasteiger partial charge in [0.1, 0.15) is 0 Å². The van der Waals surface area contributed by atoms with Gasteiger partial charge in [0.05, 0.1) is 0 Å². The molecule has 1 heteroatoms. The number of allylic oxidation sites excluding steroid dienone is 3. The van der Waals surface area contributed by atoms with Crippen molar-refractivity contribution in [3.63, 3.8) is 0 Å². The third-order valence-electron chi connectivity index (χ3n) is 2.92. The van der Waals surface area contributed by atoms with Crippen molar-refractivity contribution >= 4 is 12.3 Å². The van der Waals surface area contributed by atoms with Gasteiger partial charge in [-0.05, 0) is 41.0 Å². The molecular formula is C14H13N. The second-order valence-corrected chi connectivity index (χ2v) is 3.94. The number of fused-ring (bicyclic) bond motifs is 1. The van der Waals surface area contributed by atoms with Gasteiger partial charge in [0.15, 0.2) is 0 Å². The zero-order valence-corrected chi connectivity index (χ0v) is 8.53. The molecule has 1 aliphatic carbocycles. The van der Waals surface area contributed by atoms with Crippen LogP contribution in [0.25, 0.3) is 12.3 Å². The van der Waals surface area contributed by atoms with Gasteiger partial charge in [-0.15, -0.1) is 0 Å². The van der Waals surface area contributed by atoms with Gasteiger partial charge in [0, 0.05) is 11.9 Å². The molecule has 0 fully saturated rings. The van der Waals surface area contributed by atoms with Crippen molar-refractivity contribution in [2.24, 2.45) is 0 Å². The monoisotopic (exact) mass is 195 g/mol. The summed E-state index contributed by atoms with van der Waals surface area (Å²) in [7, 11) is 0. The van der Waals surface area contributed by atoms with Gasteiger partial charge in [-0.3, -0.25) is 0 Å². The Morgan fingerprint density at radius 2 is 1.93 bits per heavy atom. The quantitative estimate of drug-likeness (QED) is 0.660. The molecule has 74 valence electrons. The highest BCUT2D eigenvalue weighted by Gasteiger charge is 2.06. The SMILES string of the molecule is C1=CC2=C(C=c3ccccc3=CN2)CC1. The minimum absolute atomic E-state index is 1.14. The Morgan fingerprint density at radius 3 is 2.87 bits per heavy atom. The maximum Gasteiger partial charge on any atom is 0.0409 e. The van der Waals surface area contributed by atoms with Crippen LogP contribution in [0.4, 0.5) is 0 Å². The Bertz CT molecular complexity index is 561. The molecule has 0 saturated heterocycles. The Balaban J connectivity index is 2.25. The first-order valence-corrected chi connectivity index (χ1v) is 5.37. The zero-order valence-electron chi connectivity index (χ0n) is 8.53. The van der Waals surface area contributed by atoms with Crippen LogP contribution in [0.5, 0.6) is 0 Å². The van der Waals surface area contributed by atoms with Crippen molar-refractivity contribution in [1.29, 1.82) is 0 Å². The Morgan fingerprint density at radius 1 is 1.07 bits per heavy atom. The largest absolute Gasteiger partial charge is 0.361 e. The van der Waals surface area contributed by atoms with Crippen molar-refractivity contribution < 1.29 is 0 Å². The predicted molar refractivity (Wildman–Crippen MR) is 63.2 cm³/mol. The third-order valence-corrected chi connectivity index (χ3v) is 2.92. The highest BCUT2D eigenvalue weighted by atomic mass is 14.8. The number of nitrogens with one attached hydrogen (secondary N) is 1. The van der Waals surface area contributed by atoms with Crippen LogP contribution in [0.1, 0.15) is 12.8 Å². The summed E-state index contributed by atoms with van der Waals surface area (Å²) in [5.41, 5.74) is 2.66. The van der Waals surface area contributed by atoms with E-state index in [0.717, 1.165) is 12.8 Å². The molecule has 3 rings (SSSR count). The van der Waals surface area contributed by atoms with E-state index in [1.165, 1.54) is 21.7 Å². The third kappa shape index (κ3) is 1.50. The molecule has 0 atom stereocenters. The number of benzene rings is 1. The van der Waals surface area contributed by atoms with Crippen LogP contribution in [-0.4, -0.2) is 0 Å². The molecule has 0 saturated carbocycles. The van der Waals surface area contributed by atoms with Crippen molar-refractivity contribution in [2.75, 3.05) is 0 Å². The van der Waals surface area contributed by atoms with E-state index in [0.29, 0.717) is 0 Å². The molecule has 0 amide bonds. The second-order valence-electron chi connectivity index (χ2n) is 3.94. The van der Waals surface area contributed by atoms with Gasteiger partial charge in [0.2, 0.25) is 0 Å².